The molecule has 0 aliphatic heterocycles. The lowest BCUT2D eigenvalue weighted by molar-refractivity contribution is 0.0939. The molecule has 0 spiro atoms. The van der Waals surface area contributed by atoms with E-state index in [0.717, 1.165) is 10.7 Å². The van der Waals surface area contributed by atoms with Gasteiger partial charge in [-0.1, -0.05) is 20.8 Å². The average Bonchev–Trinajstić information content (AvgIpc) is 2.88. The van der Waals surface area contributed by atoms with Gasteiger partial charge in [-0.3, -0.25) is 9.59 Å². The van der Waals surface area contributed by atoms with E-state index in [0.29, 0.717) is 5.56 Å². The summed E-state index contributed by atoms with van der Waals surface area (Å²) >= 11 is 1.54. The first-order valence-electron chi connectivity index (χ1n) is 6.73. The van der Waals surface area contributed by atoms with Gasteiger partial charge in [0.2, 0.25) is 5.56 Å². The van der Waals surface area contributed by atoms with Crippen LogP contribution in [0.15, 0.2) is 28.5 Å². The summed E-state index contributed by atoms with van der Waals surface area (Å²) in [5.74, 6) is -0.230. The van der Waals surface area contributed by atoms with Gasteiger partial charge in [0.1, 0.15) is 5.01 Å². The minimum atomic E-state index is -0.230. The molecule has 6 heteroatoms. The number of carbonyl (C=O) groups is 1. The third kappa shape index (κ3) is 3.78. The van der Waals surface area contributed by atoms with E-state index >= 15 is 0 Å². The lowest BCUT2D eigenvalue weighted by Crippen LogP contribution is -2.27. The zero-order valence-corrected chi connectivity index (χ0v) is 13.4. The molecule has 0 aromatic carbocycles. The fourth-order valence-electron chi connectivity index (χ4n) is 1.72. The molecular weight excluding hydrogens is 286 g/mol. The van der Waals surface area contributed by atoms with Crippen LogP contribution in [0, 0.1) is 0 Å². The maximum atomic E-state index is 12.1. The van der Waals surface area contributed by atoms with E-state index in [1.165, 1.54) is 18.3 Å². The summed E-state index contributed by atoms with van der Waals surface area (Å²) < 4.78 is 0. The standard InChI is InChI=1S/C15H19N3O2S/c1-9(14-18-11(8-21-14)15(2,3)4)17-13(20)10-5-6-12(19)16-7-10/h5-9H,1-4H3,(H,16,19)(H,17,20)/t9-/m1/s1. The number of amides is 1. The first kappa shape index (κ1) is 15.4. The number of pyridine rings is 1. The van der Waals surface area contributed by atoms with Gasteiger partial charge < -0.3 is 10.3 Å². The van der Waals surface area contributed by atoms with Gasteiger partial charge in [-0.15, -0.1) is 11.3 Å². The Morgan fingerprint density at radius 3 is 2.62 bits per heavy atom. The van der Waals surface area contributed by atoms with Crippen molar-refractivity contribution >= 4 is 17.2 Å². The molecule has 0 saturated carbocycles. The number of carbonyl (C=O) groups excluding carboxylic acids is 1. The Balaban J connectivity index is 2.09. The molecule has 1 amide bonds. The number of H-pyrrole nitrogens is 1. The topological polar surface area (TPSA) is 74.8 Å². The van der Waals surface area contributed by atoms with Gasteiger partial charge >= 0.3 is 0 Å². The van der Waals surface area contributed by atoms with E-state index in [2.05, 4.69) is 36.1 Å². The monoisotopic (exact) mass is 305 g/mol. The fourth-order valence-corrected chi connectivity index (χ4v) is 2.78. The highest BCUT2D eigenvalue weighted by atomic mass is 32.1. The molecule has 0 aliphatic carbocycles. The molecule has 2 N–H and O–H groups in total. The summed E-state index contributed by atoms with van der Waals surface area (Å²) in [5, 5.41) is 5.78. The van der Waals surface area contributed by atoms with Crippen molar-refractivity contribution in [2.24, 2.45) is 0 Å². The maximum absolute atomic E-state index is 12.1. The van der Waals surface area contributed by atoms with Gasteiger partial charge in [-0.05, 0) is 13.0 Å². The Hall–Kier alpha value is -1.95. The molecule has 2 heterocycles. The van der Waals surface area contributed by atoms with E-state index in [-0.39, 0.29) is 22.9 Å². The number of hydrogen-bond donors (Lipinski definition) is 2. The van der Waals surface area contributed by atoms with Crippen molar-refractivity contribution in [2.75, 3.05) is 0 Å². The minimum Gasteiger partial charge on any atom is -0.343 e. The Morgan fingerprint density at radius 2 is 2.10 bits per heavy atom. The average molecular weight is 305 g/mol. The quantitative estimate of drug-likeness (QED) is 0.915. The largest absolute Gasteiger partial charge is 0.343 e. The molecule has 0 unspecified atom stereocenters. The van der Waals surface area contributed by atoms with E-state index in [9.17, 15) is 9.59 Å². The van der Waals surface area contributed by atoms with E-state index in [1.54, 1.807) is 11.3 Å². The zero-order chi connectivity index (χ0) is 15.6. The van der Waals surface area contributed by atoms with Crippen molar-refractivity contribution in [1.29, 1.82) is 0 Å². The minimum absolute atomic E-state index is 0.00258. The van der Waals surface area contributed by atoms with Crippen LogP contribution in [0.1, 0.15) is 54.8 Å². The summed E-state index contributed by atoms with van der Waals surface area (Å²) in [6.45, 7) is 8.22. The lowest BCUT2D eigenvalue weighted by Gasteiger charge is -2.15. The number of hydrogen-bond acceptors (Lipinski definition) is 4. The van der Waals surface area contributed by atoms with Gasteiger partial charge in [-0.25, -0.2) is 4.98 Å². The lowest BCUT2D eigenvalue weighted by atomic mass is 9.93. The summed E-state index contributed by atoms with van der Waals surface area (Å²) in [6.07, 6.45) is 1.41. The number of aromatic amines is 1. The Morgan fingerprint density at radius 1 is 1.38 bits per heavy atom. The van der Waals surface area contributed by atoms with Crippen molar-refractivity contribution in [3.8, 4) is 0 Å². The Labute approximate surface area is 127 Å². The molecule has 5 nitrogen and oxygen atoms in total. The number of thiazole rings is 1. The van der Waals surface area contributed by atoms with Crippen LogP contribution < -0.4 is 10.9 Å². The van der Waals surface area contributed by atoms with Crippen LogP contribution in [-0.2, 0) is 5.41 Å². The van der Waals surface area contributed by atoms with Crippen LogP contribution in [0.3, 0.4) is 0 Å². The molecule has 1 atom stereocenters. The molecule has 2 rings (SSSR count). The van der Waals surface area contributed by atoms with Gasteiger partial charge in [0.25, 0.3) is 5.91 Å². The van der Waals surface area contributed by atoms with Crippen molar-refractivity contribution in [1.82, 2.24) is 15.3 Å². The summed E-state index contributed by atoms with van der Waals surface area (Å²) in [4.78, 5) is 30.2. The number of nitrogens with one attached hydrogen (secondary N) is 2. The van der Waals surface area contributed by atoms with E-state index in [1.807, 2.05) is 12.3 Å². The Kier molecular flexibility index (Phi) is 4.27. The molecule has 0 saturated heterocycles. The first-order chi connectivity index (χ1) is 9.77. The summed E-state index contributed by atoms with van der Waals surface area (Å²) in [6, 6.07) is 2.66. The molecule has 0 fully saturated rings. The highest BCUT2D eigenvalue weighted by molar-refractivity contribution is 7.09. The van der Waals surface area contributed by atoms with Gasteiger partial charge in [-0.2, -0.15) is 0 Å². The van der Waals surface area contributed by atoms with Gasteiger partial charge in [0.05, 0.1) is 17.3 Å². The second-order valence-electron chi connectivity index (χ2n) is 5.96. The molecular formula is C15H19N3O2S. The van der Waals surface area contributed by atoms with Crippen LogP contribution in [-0.4, -0.2) is 15.9 Å². The van der Waals surface area contributed by atoms with Crippen molar-refractivity contribution in [2.45, 2.75) is 39.2 Å². The van der Waals surface area contributed by atoms with Crippen molar-refractivity contribution in [3.63, 3.8) is 0 Å². The van der Waals surface area contributed by atoms with Crippen LogP contribution in [0.2, 0.25) is 0 Å². The van der Waals surface area contributed by atoms with Gasteiger partial charge in [0, 0.05) is 23.1 Å². The highest BCUT2D eigenvalue weighted by Crippen LogP contribution is 2.26. The third-order valence-corrected chi connectivity index (χ3v) is 4.08. The van der Waals surface area contributed by atoms with E-state index in [4.69, 9.17) is 0 Å². The summed E-state index contributed by atoms with van der Waals surface area (Å²) in [7, 11) is 0. The first-order valence-corrected chi connectivity index (χ1v) is 7.61. The van der Waals surface area contributed by atoms with Crippen LogP contribution in [0.4, 0.5) is 0 Å². The van der Waals surface area contributed by atoms with Crippen LogP contribution >= 0.6 is 11.3 Å². The van der Waals surface area contributed by atoms with Crippen LogP contribution in [0.25, 0.3) is 0 Å². The normalized spacial score (nSPS) is 13.0. The molecule has 0 radical (unpaired) electrons. The SMILES string of the molecule is C[C@@H](NC(=O)c1ccc(=O)[nH]c1)c1nc(C(C)(C)C)cs1. The molecule has 112 valence electrons. The molecule has 2 aromatic heterocycles. The zero-order valence-electron chi connectivity index (χ0n) is 12.6. The predicted octanol–water partition coefficient (Wildman–Crippen LogP) is 2.62. The van der Waals surface area contributed by atoms with Gasteiger partial charge in [0.15, 0.2) is 0 Å². The van der Waals surface area contributed by atoms with Crippen molar-refractivity contribution in [3.05, 3.63) is 50.3 Å². The smallest absolute Gasteiger partial charge is 0.253 e. The Bertz CT molecular complexity index is 677. The third-order valence-electron chi connectivity index (χ3n) is 3.05. The number of rotatable bonds is 3. The predicted molar refractivity (Wildman–Crippen MR) is 83.8 cm³/mol. The second-order valence-corrected chi connectivity index (χ2v) is 6.85. The van der Waals surface area contributed by atoms with Crippen molar-refractivity contribution < 1.29 is 4.79 Å². The highest BCUT2D eigenvalue weighted by Gasteiger charge is 2.20. The number of nitrogens with zero attached hydrogens (tertiary/aromatic N) is 1. The summed E-state index contributed by atoms with van der Waals surface area (Å²) in [5.41, 5.74) is 1.22. The fraction of sp³-hybridized carbons (Fsp3) is 0.400. The molecule has 21 heavy (non-hydrogen) atoms. The number of aromatic nitrogens is 2. The van der Waals surface area contributed by atoms with E-state index < -0.39 is 0 Å². The molecule has 0 aliphatic rings. The molecule has 0 bridgehead atoms. The van der Waals surface area contributed by atoms with Crippen LogP contribution in [0.5, 0.6) is 0 Å². The maximum Gasteiger partial charge on any atom is 0.253 e. The molecule has 2 aromatic rings. The second kappa shape index (κ2) is 5.81.